The summed E-state index contributed by atoms with van der Waals surface area (Å²) in [6.45, 7) is 0. The molecule has 0 fully saturated rings. The second kappa shape index (κ2) is 2.80. The topological polar surface area (TPSA) is 122 Å². The van der Waals surface area contributed by atoms with Crippen molar-refractivity contribution in [2.24, 2.45) is 0 Å². The highest BCUT2D eigenvalue weighted by Crippen LogP contribution is 2.16. The number of hydrogen-bond acceptors (Lipinski definition) is 5. The monoisotopic (exact) mass is 228 g/mol. The van der Waals surface area contributed by atoms with Crippen LogP contribution in [0.1, 0.15) is 0 Å². The first-order valence-corrected chi connectivity index (χ1v) is 5.64. The van der Waals surface area contributed by atoms with E-state index < -0.39 is 30.4 Å². The van der Waals surface area contributed by atoms with Crippen molar-refractivity contribution in [2.75, 3.05) is 0 Å². The van der Waals surface area contributed by atoms with E-state index in [1.165, 1.54) is 0 Å². The third-order valence-corrected chi connectivity index (χ3v) is 2.52. The molecule has 0 aliphatic heterocycles. The predicted octanol–water partition coefficient (Wildman–Crippen LogP) is -0.227. The molecular weight excluding hydrogens is 224 g/mol. The van der Waals surface area contributed by atoms with Crippen molar-refractivity contribution in [3.8, 4) is 0 Å². The van der Waals surface area contributed by atoms with E-state index >= 15 is 0 Å². The SMILES string of the molecule is O=S(=O)(O)c1ccc(S(=O)(=O)O)o1. The lowest BCUT2D eigenvalue weighted by atomic mass is 10.7. The smallest absolute Gasteiger partial charge is 0.328 e. The van der Waals surface area contributed by atoms with Crippen LogP contribution in [0, 0.1) is 0 Å². The standard InChI is InChI=1S/C4H4O7S2/c5-12(6,7)3-1-2-4(11-3)13(8,9)10/h1-2H,(H,5,6,7)(H,8,9,10). The second-order valence-corrected chi connectivity index (χ2v) is 4.73. The van der Waals surface area contributed by atoms with Crippen molar-refractivity contribution in [3.63, 3.8) is 0 Å². The summed E-state index contributed by atoms with van der Waals surface area (Å²) < 4.78 is 62.3. The molecule has 0 atom stereocenters. The minimum absolute atomic E-state index is 0.707. The van der Waals surface area contributed by atoms with Crippen LogP contribution in [0.5, 0.6) is 0 Å². The Morgan fingerprint density at radius 1 is 0.923 bits per heavy atom. The Balaban J connectivity index is 3.32. The maximum Gasteiger partial charge on any atom is 0.328 e. The van der Waals surface area contributed by atoms with E-state index in [9.17, 15) is 16.8 Å². The van der Waals surface area contributed by atoms with Crippen LogP contribution in [0.2, 0.25) is 0 Å². The molecule has 0 aliphatic rings. The quantitative estimate of drug-likeness (QED) is 0.670. The fourth-order valence-corrected chi connectivity index (χ4v) is 1.50. The number of furan rings is 1. The molecule has 0 saturated carbocycles. The molecule has 0 radical (unpaired) electrons. The van der Waals surface area contributed by atoms with Crippen LogP contribution in [0.25, 0.3) is 0 Å². The summed E-state index contributed by atoms with van der Waals surface area (Å²) in [4.78, 5) is 0. The third-order valence-electron chi connectivity index (χ3n) is 1.07. The summed E-state index contributed by atoms with van der Waals surface area (Å²) in [5.41, 5.74) is 0. The molecular formula is C4H4O7S2. The first-order chi connectivity index (χ1) is 5.71. The minimum Gasteiger partial charge on any atom is -0.428 e. The lowest BCUT2D eigenvalue weighted by Gasteiger charge is -1.89. The van der Waals surface area contributed by atoms with Gasteiger partial charge in [-0.25, -0.2) is 0 Å². The van der Waals surface area contributed by atoms with E-state index in [-0.39, 0.29) is 0 Å². The molecule has 0 spiro atoms. The molecule has 1 aromatic heterocycles. The highest BCUT2D eigenvalue weighted by Gasteiger charge is 2.20. The van der Waals surface area contributed by atoms with Gasteiger partial charge < -0.3 is 4.42 Å². The highest BCUT2D eigenvalue weighted by molar-refractivity contribution is 7.86. The van der Waals surface area contributed by atoms with E-state index in [4.69, 9.17) is 9.11 Å². The molecule has 1 rings (SSSR count). The Labute approximate surface area is 73.5 Å². The van der Waals surface area contributed by atoms with Crippen LogP contribution < -0.4 is 0 Å². The molecule has 1 aromatic rings. The van der Waals surface area contributed by atoms with Crippen molar-refractivity contribution in [3.05, 3.63) is 12.1 Å². The Hall–Kier alpha value is -0.900. The van der Waals surface area contributed by atoms with E-state index in [1.807, 2.05) is 0 Å². The third kappa shape index (κ3) is 2.28. The van der Waals surface area contributed by atoms with Crippen LogP contribution >= 0.6 is 0 Å². The molecule has 2 N–H and O–H groups in total. The van der Waals surface area contributed by atoms with Crippen molar-refractivity contribution in [1.82, 2.24) is 0 Å². The van der Waals surface area contributed by atoms with Gasteiger partial charge in [0.1, 0.15) is 0 Å². The maximum atomic E-state index is 10.4. The maximum absolute atomic E-state index is 10.4. The van der Waals surface area contributed by atoms with Crippen LogP contribution in [0.4, 0.5) is 0 Å². The van der Waals surface area contributed by atoms with Gasteiger partial charge in [-0.1, -0.05) is 0 Å². The molecule has 0 bridgehead atoms. The molecule has 0 aromatic carbocycles. The van der Waals surface area contributed by atoms with Gasteiger partial charge in [0.05, 0.1) is 0 Å². The van der Waals surface area contributed by atoms with Gasteiger partial charge in [-0.3, -0.25) is 9.11 Å². The summed E-state index contributed by atoms with van der Waals surface area (Å²) in [6.07, 6.45) is 0. The number of hydrogen-bond donors (Lipinski definition) is 2. The van der Waals surface area contributed by atoms with E-state index in [2.05, 4.69) is 4.42 Å². The highest BCUT2D eigenvalue weighted by atomic mass is 32.2. The largest absolute Gasteiger partial charge is 0.428 e. The Bertz CT molecular complexity index is 458. The van der Waals surface area contributed by atoms with Gasteiger partial charge in [0.25, 0.3) is 0 Å². The Morgan fingerprint density at radius 3 is 1.38 bits per heavy atom. The summed E-state index contributed by atoms with van der Waals surface area (Å²) in [7, 11) is -9.17. The average molecular weight is 228 g/mol. The van der Waals surface area contributed by atoms with Crippen molar-refractivity contribution in [2.45, 2.75) is 10.2 Å². The molecule has 13 heavy (non-hydrogen) atoms. The van der Waals surface area contributed by atoms with Crippen LogP contribution in [-0.2, 0) is 20.2 Å². The first kappa shape index (κ1) is 10.2. The summed E-state index contributed by atoms with van der Waals surface area (Å²) >= 11 is 0. The molecule has 0 aliphatic carbocycles. The lowest BCUT2D eigenvalue weighted by Crippen LogP contribution is -1.97. The minimum atomic E-state index is -4.58. The molecule has 74 valence electrons. The molecule has 0 amide bonds. The summed E-state index contributed by atoms with van der Waals surface area (Å²) in [5.74, 6) is 0. The van der Waals surface area contributed by atoms with Crippen molar-refractivity contribution >= 4 is 20.2 Å². The fraction of sp³-hybridized carbons (Fsp3) is 0. The molecule has 0 saturated heterocycles. The zero-order valence-corrected chi connectivity index (χ0v) is 7.54. The van der Waals surface area contributed by atoms with Gasteiger partial charge in [-0.2, -0.15) is 16.8 Å². The normalized spacial score (nSPS) is 13.1. The summed E-state index contributed by atoms with van der Waals surface area (Å²) in [5, 5.41) is -1.89. The molecule has 0 unspecified atom stereocenters. The zero-order valence-electron chi connectivity index (χ0n) is 5.91. The number of rotatable bonds is 2. The van der Waals surface area contributed by atoms with E-state index in [0.29, 0.717) is 12.1 Å². The lowest BCUT2D eigenvalue weighted by molar-refractivity contribution is 0.338. The van der Waals surface area contributed by atoms with E-state index in [1.54, 1.807) is 0 Å². The van der Waals surface area contributed by atoms with Gasteiger partial charge in [0.2, 0.25) is 10.2 Å². The van der Waals surface area contributed by atoms with Crippen molar-refractivity contribution in [1.29, 1.82) is 0 Å². The Kier molecular flexibility index (Phi) is 2.20. The van der Waals surface area contributed by atoms with Crippen molar-refractivity contribution < 1.29 is 30.4 Å². The molecule has 9 heteroatoms. The van der Waals surface area contributed by atoms with Crippen LogP contribution in [0.3, 0.4) is 0 Å². The van der Waals surface area contributed by atoms with Gasteiger partial charge in [0, 0.05) is 0 Å². The fourth-order valence-electron chi connectivity index (χ4n) is 0.581. The first-order valence-electron chi connectivity index (χ1n) is 2.76. The zero-order chi connectivity index (χ0) is 10.3. The molecule has 7 nitrogen and oxygen atoms in total. The van der Waals surface area contributed by atoms with E-state index in [0.717, 1.165) is 0 Å². The van der Waals surface area contributed by atoms with Gasteiger partial charge in [-0.15, -0.1) is 0 Å². The van der Waals surface area contributed by atoms with Crippen LogP contribution in [0.15, 0.2) is 26.7 Å². The Morgan fingerprint density at radius 2 is 1.23 bits per heavy atom. The van der Waals surface area contributed by atoms with Gasteiger partial charge >= 0.3 is 20.2 Å². The van der Waals surface area contributed by atoms with Gasteiger partial charge in [-0.05, 0) is 12.1 Å². The van der Waals surface area contributed by atoms with Gasteiger partial charge in [0.15, 0.2) is 0 Å². The predicted molar refractivity (Wildman–Crippen MR) is 38.3 cm³/mol. The molecule has 1 heterocycles. The summed E-state index contributed by atoms with van der Waals surface area (Å²) in [6, 6.07) is 1.41. The average Bonchev–Trinajstić information content (AvgIpc) is 2.28. The van der Waals surface area contributed by atoms with Crippen LogP contribution in [-0.4, -0.2) is 25.9 Å². The second-order valence-electron chi connectivity index (χ2n) is 2.02.